The second-order valence-corrected chi connectivity index (χ2v) is 6.48. The number of likely N-dealkylation sites (tertiary alicyclic amines) is 1. The molecule has 2 N–H and O–H groups in total. The number of piperidine rings is 1. The van der Waals surface area contributed by atoms with Gasteiger partial charge in [-0.3, -0.25) is 9.79 Å². The van der Waals surface area contributed by atoms with Crippen molar-refractivity contribution in [3.05, 3.63) is 48.2 Å². The Balaban J connectivity index is 0.00000261. The molecule has 1 fully saturated rings. The van der Waals surface area contributed by atoms with Gasteiger partial charge in [-0.05, 0) is 25.0 Å². The Hall–Kier alpha value is -2.03. The number of nitrogens with one attached hydrogen (secondary N) is 2. The first-order chi connectivity index (χ1) is 12.7. The van der Waals surface area contributed by atoms with Gasteiger partial charge in [0.05, 0.1) is 6.54 Å². The summed E-state index contributed by atoms with van der Waals surface area (Å²) in [5.74, 6) is 2.63. The fourth-order valence-electron chi connectivity index (χ4n) is 3.13. The number of halogens is 1. The molecule has 6 nitrogen and oxygen atoms in total. The standard InChI is InChI=1S/C20H26N4O2.HI/c1-15(25)24-12-10-17(11-13-24)23-20(21-2)22-14-18-8-9-19(26-18)16-6-4-3-5-7-16;/h3-9,17H,10-14H2,1-2H3,(H2,21,22,23);1H. The van der Waals surface area contributed by atoms with Crippen LogP contribution in [0.1, 0.15) is 25.5 Å². The summed E-state index contributed by atoms with van der Waals surface area (Å²) in [6.45, 7) is 3.78. The van der Waals surface area contributed by atoms with Crippen LogP contribution in [0.5, 0.6) is 0 Å². The highest BCUT2D eigenvalue weighted by molar-refractivity contribution is 14.0. The minimum atomic E-state index is 0. The van der Waals surface area contributed by atoms with Gasteiger partial charge in [-0.25, -0.2) is 0 Å². The van der Waals surface area contributed by atoms with Crippen molar-refractivity contribution in [1.82, 2.24) is 15.5 Å². The van der Waals surface area contributed by atoms with Gasteiger partial charge < -0.3 is 20.0 Å². The third kappa shape index (κ3) is 5.98. The minimum Gasteiger partial charge on any atom is -0.459 e. The normalized spacial score (nSPS) is 15.2. The Morgan fingerprint density at radius 1 is 1.19 bits per heavy atom. The quantitative estimate of drug-likeness (QED) is 0.399. The average molecular weight is 482 g/mol. The van der Waals surface area contributed by atoms with Crippen LogP contribution in [0, 0.1) is 0 Å². The Bertz CT molecular complexity index is 752. The summed E-state index contributed by atoms with van der Waals surface area (Å²) in [4.78, 5) is 17.6. The highest BCUT2D eigenvalue weighted by Gasteiger charge is 2.21. The average Bonchev–Trinajstić information content (AvgIpc) is 3.15. The number of nitrogens with zero attached hydrogens (tertiary/aromatic N) is 2. The van der Waals surface area contributed by atoms with Gasteiger partial charge in [-0.1, -0.05) is 30.3 Å². The molecule has 0 spiro atoms. The third-order valence-corrected chi connectivity index (χ3v) is 4.65. The SMILES string of the molecule is CN=C(NCc1ccc(-c2ccccc2)o1)NC1CCN(C(C)=O)CC1.I. The zero-order valence-electron chi connectivity index (χ0n) is 15.8. The van der Waals surface area contributed by atoms with Crippen molar-refractivity contribution in [2.75, 3.05) is 20.1 Å². The zero-order chi connectivity index (χ0) is 18.4. The van der Waals surface area contributed by atoms with Gasteiger partial charge in [0, 0.05) is 38.7 Å². The second-order valence-electron chi connectivity index (χ2n) is 6.48. The number of benzene rings is 1. The maximum Gasteiger partial charge on any atom is 0.219 e. The van der Waals surface area contributed by atoms with E-state index in [9.17, 15) is 4.79 Å². The van der Waals surface area contributed by atoms with E-state index in [0.29, 0.717) is 12.6 Å². The lowest BCUT2D eigenvalue weighted by molar-refractivity contribution is -0.129. The molecule has 7 heteroatoms. The van der Waals surface area contributed by atoms with Crippen LogP contribution in [0.25, 0.3) is 11.3 Å². The van der Waals surface area contributed by atoms with E-state index < -0.39 is 0 Å². The highest BCUT2D eigenvalue weighted by atomic mass is 127. The number of hydrogen-bond acceptors (Lipinski definition) is 3. The molecular formula is C20H27IN4O2. The van der Waals surface area contributed by atoms with Crippen molar-refractivity contribution < 1.29 is 9.21 Å². The molecule has 1 aliphatic rings. The fraction of sp³-hybridized carbons (Fsp3) is 0.400. The number of hydrogen-bond donors (Lipinski definition) is 2. The van der Waals surface area contributed by atoms with Gasteiger partial charge in [-0.2, -0.15) is 0 Å². The molecule has 1 saturated heterocycles. The van der Waals surface area contributed by atoms with E-state index >= 15 is 0 Å². The number of carbonyl (C=O) groups is 1. The van der Waals surface area contributed by atoms with Crippen molar-refractivity contribution in [2.24, 2.45) is 4.99 Å². The lowest BCUT2D eigenvalue weighted by Crippen LogP contribution is -2.49. The van der Waals surface area contributed by atoms with Crippen LogP contribution in [0.15, 0.2) is 51.9 Å². The van der Waals surface area contributed by atoms with E-state index in [0.717, 1.165) is 49.0 Å². The summed E-state index contributed by atoms with van der Waals surface area (Å²) in [5, 5.41) is 6.73. The van der Waals surface area contributed by atoms with Crippen molar-refractivity contribution in [3.63, 3.8) is 0 Å². The van der Waals surface area contributed by atoms with Crippen LogP contribution in [-0.4, -0.2) is 42.9 Å². The van der Waals surface area contributed by atoms with E-state index in [1.165, 1.54) is 0 Å². The molecule has 1 amide bonds. The number of guanidine groups is 1. The molecule has 2 aromatic rings. The Kier molecular flexibility index (Phi) is 8.15. The molecule has 0 aliphatic carbocycles. The summed E-state index contributed by atoms with van der Waals surface area (Å²) >= 11 is 0. The second kappa shape index (κ2) is 10.3. The fourth-order valence-corrected chi connectivity index (χ4v) is 3.13. The van der Waals surface area contributed by atoms with E-state index in [1.807, 2.05) is 47.4 Å². The predicted molar refractivity (Wildman–Crippen MR) is 118 cm³/mol. The summed E-state index contributed by atoms with van der Waals surface area (Å²) < 4.78 is 5.91. The Labute approximate surface area is 177 Å². The molecular weight excluding hydrogens is 455 g/mol. The van der Waals surface area contributed by atoms with Gasteiger partial charge in [-0.15, -0.1) is 24.0 Å². The van der Waals surface area contributed by atoms with Crippen LogP contribution < -0.4 is 10.6 Å². The molecule has 0 bridgehead atoms. The summed E-state index contributed by atoms with van der Waals surface area (Å²) in [7, 11) is 1.76. The molecule has 2 heterocycles. The third-order valence-electron chi connectivity index (χ3n) is 4.65. The maximum absolute atomic E-state index is 11.4. The number of aliphatic imine (C=N–C) groups is 1. The maximum atomic E-state index is 11.4. The number of amides is 1. The first-order valence-electron chi connectivity index (χ1n) is 9.02. The molecule has 3 rings (SSSR count). The van der Waals surface area contributed by atoms with Crippen LogP contribution in [0.4, 0.5) is 0 Å². The van der Waals surface area contributed by atoms with Crippen LogP contribution in [0.3, 0.4) is 0 Å². The highest BCUT2D eigenvalue weighted by Crippen LogP contribution is 2.21. The number of rotatable bonds is 4. The van der Waals surface area contributed by atoms with E-state index in [-0.39, 0.29) is 29.9 Å². The molecule has 27 heavy (non-hydrogen) atoms. The van der Waals surface area contributed by atoms with Gasteiger partial charge in [0.2, 0.25) is 5.91 Å². The molecule has 1 aromatic carbocycles. The van der Waals surface area contributed by atoms with Crippen LogP contribution in [0.2, 0.25) is 0 Å². The van der Waals surface area contributed by atoms with Gasteiger partial charge in [0.1, 0.15) is 11.5 Å². The predicted octanol–water partition coefficient (Wildman–Crippen LogP) is 3.24. The number of furan rings is 1. The van der Waals surface area contributed by atoms with Crippen LogP contribution in [-0.2, 0) is 11.3 Å². The van der Waals surface area contributed by atoms with E-state index in [2.05, 4.69) is 15.6 Å². The Morgan fingerprint density at radius 3 is 2.52 bits per heavy atom. The molecule has 0 saturated carbocycles. The summed E-state index contributed by atoms with van der Waals surface area (Å²) in [6.07, 6.45) is 1.86. The lowest BCUT2D eigenvalue weighted by atomic mass is 10.1. The Morgan fingerprint density at radius 2 is 1.89 bits per heavy atom. The van der Waals surface area contributed by atoms with E-state index in [1.54, 1.807) is 14.0 Å². The lowest BCUT2D eigenvalue weighted by Gasteiger charge is -2.32. The topological polar surface area (TPSA) is 69.9 Å². The summed E-state index contributed by atoms with van der Waals surface area (Å²) in [5.41, 5.74) is 1.07. The van der Waals surface area contributed by atoms with Gasteiger partial charge >= 0.3 is 0 Å². The molecule has 0 atom stereocenters. The van der Waals surface area contributed by atoms with Crippen molar-refractivity contribution in [3.8, 4) is 11.3 Å². The van der Waals surface area contributed by atoms with Gasteiger partial charge in [0.25, 0.3) is 0 Å². The molecule has 146 valence electrons. The largest absolute Gasteiger partial charge is 0.459 e. The number of carbonyl (C=O) groups excluding carboxylic acids is 1. The van der Waals surface area contributed by atoms with Gasteiger partial charge in [0.15, 0.2) is 5.96 Å². The summed E-state index contributed by atoms with van der Waals surface area (Å²) in [6, 6.07) is 14.3. The van der Waals surface area contributed by atoms with Crippen molar-refractivity contribution >= 4 is 35.8 Å². The van der Waals surface area contributed by atoms with Crippen LogP contribution >= 0.6 is 24.0 Å². The molecule has 1 aliphatic heterocycles. The van der Waals surface area contributed by atoms with E-state index in [4.69, 9.17) is 4.42 Å². The van der Waals surface area contributed by atoms with Crippen molar-refractivity contribution in [2.45, 2.75) is 32.4 Å². The molecule has 1 aromatic heterocycles. The smallest absolute Gasteiger partial charge is 0.219 e. The first-order valence-corrected chi connectivity index (χ1v) is 9.02. The first kappa shape index (κ1) is 21.3. The van der Waals surface area contributed by atoms with Crippen molar-refractivity contribution in [1.29, 1.82) is 0 Å². The zero-order valence-corrected chi connectivity index (χ0v) is 18.1. The monoisotopic (exact) mass is 482 g/mol. The minimum absolute atomic E-state index is 0. The molecule has 0 radical (unpaired) electrons. The molecule has 0 unspecified atom stereocenters.